The van der Waals surface area contributed by atoms with Crippen LogP contribution in [0.5, 0.6) is 0 Å². The van der Waals surface area contributed by atoms with Crippen LogP contribution in [0.4, 0.5) is 0 Å². The summed E-state index contributed by atoms with van der Waals surface area (Å²) in [6.45, 7) is 5.54. The highest BCUT2D eigenvalue weighted by Gasteiger charge is 2.46. The van der Waals surface area contributed by atoms with Crippen molar-refractivity contribution in [3.63, 3.8) is 0 Å². The van der Waals surface area contributed by atoms with Crippen molar-refractivity contribution in [3.8, 4) is 5.82 Å². The number of aliphatic carboxylic acids is 1. The van der Waals surface area contributed by atoms with Gasteiger partial charge in [0.05, 0.1) is 5.56 Å². The van der Waals surface area contributed by atoms with Crippen molar-refractivity contribution >= 4 is 11.9 Å². The molecule has 2 heterocycles. The number of carbonyl (C=O) groups is 2. The number of nitrogens with zero attached hydrogens (tertiary/aromatic N) is 3. The van der Waals surface area contributed by atoms with Crippen LogP contribution in [0, 0.1) is 20.8 Å². The summed E-state index contributed by atoms with van der Waals surface area (Å²) >= 11 is 0. The number of carboxylic acids is 1. The lowest BCUT2D eigenvalue weighted by Crippen LogP contribution is -2.56. The molecule has 0 spiro atoms. The summed E-state index contributed by atoms with van der Waals surface area (Å²) < 4.78 is 7.00. The molecule has 0 aromatic carbocycles. The van der Waals surface area contributed by atoms with Gasteiger partial charge in [0, 0.05) is 24.5 Å². The minimum absolute atomic E-state index is 0.270. The molecule has 3 rings (SSSR count). The van der Waals surface area contributed by atoms with Crippen LogP contribution in [0.15, 0.2) is 16.7 Å². The van der Waals surface area contributed by atoms with Crippen LogP contribution in [-0.2, 0) is 4.79 Å². The molecule has 0 aliphatic heterocycles. The van der Waals surface area contributed by atoms with Gasteiger partial charge in [-0.05, 0) is 39.7 Å². The second-order valence-electron chi connectivity index (χ2n) is 7.18. The van der Waals surface area contributed by atoms with Crippen molar-refractivity contribution in [2.45, 2.75) is 58.4 Å². The number of amides is 1. The van der Waals surface area contributed by atoms with Crippen molar-refractivity contribution in [1.82, 2.24) is 14.6 Å². The largest absolute Gasteiger partial charge is 0.479 e. The van der Waals surface area contributed by atoms with E-state index in [0.29, 0.717) is 30.0 Å². The van der Waals surface area contributed by atoms with E-state index in [-0.39, 0.29) is 5.91 Å². The predicted molar refractivity (Wildman–Crippen MR) is 95.6 cm³/mol. The molecule has 0 bridgehead atoms. The number of rotatable bonds is 4. The average molecular weight is 359 g/mol. The molecule has 0 atom stereocenters. The molecule has 26 heavy (non-hydrogen) atoms. The average Bonchev–Trinajstić information content (AvgIpc) is 3.16. The first-order valence-corrected chi connectivity index (χ1v) is 8.92. The molecule has 7 heteroatoms. The highest BCUT2D eigenvalue weighted by atomic mass is 16.5. The fourth-order valence-corrected chi connectivity index (χ4v) is 3.99. The zero-order valence-corrected chi connectivity index (χ0v) is 15.7. The lowest BCUT2D eigenvalue weighted by atomic mass is 9.80. The fraction of sp³-hybridized carbons (Fsp3) is 0.526. The van der Waals surface area contributed by atoms with Crippen LogP contribution < -0.4 is 0 Å². The number of carbonyl (C=O) groups excluding carboxylic acids is 1. The van der Waals surface area contributed by atoms with Crippen LogP contribution in [-0.4, -0.2) is 44.2 Å². The molecule has 0 saturated heterocycles. The molecular weight excluding hydrogens is 334 g/mol. The Morgan fingerprint density at radius 2 is 1.85 bits per heavy atom. The van der Waals surface area contributed by atoms with E-state index >= 15 is 0 Å². The molecule has 1 amide bonds. The van der Waals surface area contributed by atoms with Crippen molar-refractivity contribution in [1.29, 1.82) is 0 Å². The van der Waals surface area contributed by atoms with Crippen LogP contribution in [0.3, 0.4) is 0 Å². The van der Waals surface area contributed by atoms with E-state index in [9.17, 15) is 14.7 Å². The summed E-state index contributed by atoms with van der Waals surface area (Å²) in [4.78, 5) is 26.6. The van der Waals surface area contributed by atoms with E-state index in [1.165, 1.54) is 4.90 Å². The van der Waals surface area contributed by atoms with Crippen LogP contribution in [0.2, 0.25) is 0 Å². The molecule has 1 fully saturated rings. The van der Waals surface area contributed by atoms with E-state index in [1.807, 2.05) is 25.3 Å². The molecular formula is C19H25N3O4. The number of likely N-dealkylation sites (N-methyl/N-ethyl adjacent to an activating group) is 1. The number of aromatic nitrogens is 2. The van der Waals surface area contributed by atoms with Gasteiger partial charge >= 0.3 is 5.97 Å². The van der Waals surface area contributed by atoms with Gasteiger partial charge in [-0.3, -0.25) is 9.36 Å². The highest BCUT2D eigenvalue weighted by Crippen LogP contribution is 2.35. The Morgan fingerprint density at radius 1 is 1.19 bits per heavy atom. The maximum atomic E-state index is 13.2. The van der Waals surface area contributed by atoms with Gasteiger partial charge in [-0.25, -0.2) is 4.79 Å². The van der Waals surface area contributed by atoms with Gasteiger partial charge in [-0.15, -0.1) is 0 Å². The van der Waals surface area contributed by atoms with Gasteiger partial charge in [0.25, 0.3) is 5.91 Å². The van der Waals surface area contributed by atoms with Gasteiger partial charge in [-0.2, -0.15) is 0 Å². The smallest absolute Gasteiger partial charge is 0.329 e. The van der Waals surface area contributed by atoms with E-state index < -0.39 is 11.5 Å². The number of hydrogen-bond acceptors (Lipinski definition) is 4. The molecule has 7 nitrogen and oxygen atoms in total. The minimum Gasteiger partial charge on any atom is -0.479 e. The van der Waals surface area contributed by atoms with E-state index in [2.05, 4.69) is 5.16 Å². The summed E-state index contributed by atoms with van der Waals surface area (Å²) in [6, 6.07) is 3.59. The topological polar surface area (TPSA) is 88.6 Å². The monoisotopic (exact) mass is 359 g/mol. The maximum absolute atomic E-state index is 13.2. The molecule has 1 aliphatic carbocycles. The minimum atomic E-state index is -1.12. The Kier molecular flexibility index (Phi) is 4.64. The van der Waals surface area contributed by atoms with Gasteiger partial charge in [0.2, 0.25) is 0 Å². The number of hydrogen-bond donors (Lipinski definition) is 1. The standard InChI is InChI=1S/C19H25N3O4/c1-12-10-15(14(3)22(12)16-11-13(2)26-20-16)17(23)21(4)19(18(24)25)8-6-5-7-9-19/h10-11H,5-9H2,1-4H3,(H,24,25). The molecule has 140 valence electrons. The summed E-state index contributed by atoms with van der Waals surface area (Å²) in [5.41, 5.74) is 0.948. The third kappa shape index (κ3) is 2.81. The molecule has 1 aliphatic rings. The van der Waals surface area contributed by atoms with Crippen molar-refractivity contribution in [3.05, 3.63) is 34.8 Å². The summed E-state index contributed by atoms with van der Waals surface area (Å²) in [6.07, 6.45) is 3.64. The van der Waals surface area contributed by atoms with E-state index in [1.54, 1.807) is 19.2 Å². The van der Waals surface area contributed by atoms with Gasteiger partial charge in [0.1, 0.15) is 11.3 Å². The maximum Gasteiger partial charge on any atom is 0.329 e. The SMILES string of the molecule is Cc1cc(-n2c(C)cc(C(=O)N(C)C3(C(=O)O)CCCCC3)c2C)no1. The lowest BCUT2D eigenvalue weighted by molar-refractivity contribution is -0.151. The van der Waals surface area contributed by atoms with Crippen LogP contribution in [0.25, 0.3) is 5.82 Å². The van der Waals surface area contributed by atoms with Crippen molar-refractivity contribution in [2.75, 3.05) is 7.05 Å². The zero-order chi connectivity index (χ0) is 19.1. The third-order valence-corrected chi connectivity index (χ3v) is 5.53. The molecule has 1 N–H and O–H groups in total. The zero-order valence-electron chi connectivity index (χ0n) is 15.7. The van der Waals surface area contributed by atoms with Crippen LogP contribution >= 0.6 is 0 Å². The highest BCUT2D eigenvalue weighted by molar-refractivity contribution is 5.99. The first-order chi connectivity index (χ1) is 12.3. The molecule has 2 aromatic rings. The normalized spacial score (nSPS) is 16.5. The van der Waals surface area contributed by atoms with Gasteiger partial charge in [-0.1, -0.05) is 24.4 Å². The molecule has 0 unspecified atom stereocenters. The van der Waals surface area contributed by atoms with E-state index in [0.717, 1.165) is 30.7 Å². The molecule has 0 radical (unpaired) electrons. The number of carboxylic acid groups (broad SMARTS) is 1. The Balaban J connectivity index is 1.98. The molecule has 1 saturated carbocycles. The predicted octanol–water partition coefficient (Wildman–Crippen LogP) is 3.25. The van der Waals surface area contributed by atoms with Gasteiger partial charge in [0.15, 0.2) is 5.82 Å². The van der Waals surface area contributed by atoms with Crippen LogP contribution in [0.1, 0.15) is 59.6 Å². The second kappa shape index (κ2) is 6.63. The second-order valence-corrected chi connectivity index (χ2v) is 7.18. The van der Waals surface area contributed by atoms with Crippen molar-refractivity contribution < 1.29 is 19.2 Å². The Labute approximate surface area is 152 Å². The summed E-state index contributed by atoms with van der Waals surface area (Å²) in [5, 5.41) is 13.9. The fourth-order valence-electron chi connectivity index (χ4n) is 3.99. The Bertz CT molecular complexity index is 843. The first-order valence-electron chi connectivity index (χ1n) is 8.92. The summed E-state index contributed by atoms with van der Waals surface area (Å²) in [5.74, 6) is 0.109. The Morgan fingerprint density at radius 3 is 2.38 bits per heavy atom. The number of aryl methyl sites for hydroxylation is 2. The van der Waals surface area contributed by atoms with E-state index in [4.69, 9.17) is 4.52 Å². The van der Waals surface area contributed by atoms with Crippen molar-refractivity contribution in [2.24, 2.45) is 0 Å². The third-order valence-electron chi connectivity index (χ3n) is 5.53. The van der Waals surface area contributed by atoms with Gasteiger partial charge < -0.3 is 14.5 Å². The lowest BCUT2D eigenvalue weighted by Gasteiger charge is -2.41. The molecule has 2 aromatic heterocycles. The first kappa shape index (κ1) is 18.2. The summed E-state index contributed by atoms with van der Waals surface area (Å²) in [7, 11) is 1.61. The Hall–Kier alpha value is -2.57. The quantitative estimate of drug-likeness (QED) is 0.905.